The maximum atomic E-state index is 4.20. The van der Waals surface area contributed by atoms with Gasteiger partial charge in [-0.15, -0.1) is 33.8 Å². The molecule has 0 atom stereocenters. The van der Waals surface area contributed by atoms with Crippen LogP contribution in [0.5, 0.6) is 0 Å². The van der Waals surface area contributed by atoms with Crippen LogP contribution in [0.1, 0.15) is 94.2 Å². The van der Waals surface area contributed by atoms with Crippen molar-refractivity contribution >= 4 is 81.9 Å². The van der Waals surface area contributed by atoms with Crippen LogP contribution in [0.15, 0.2) is 146 Å². The third kappa shape index (κ3) is 8.54. The molecule has 7 aromatic carbocycles. The minimum atomic E-state index is -2.10. The summed E-state index contributed by atoms with van der Waals surface area (Å²) in [5, 5.41) is 9.90. The van der Waals surface area contributed by atoms with Crippen LogP contribution in [0, 0.1) is 22.9 Å². The number of fused-ring (bicyclic) bond motifs is 4. The first-order valence-corrected chi connectivity index (χ1v) is 31.0. The molecule has 0 aliphatic heterocycles. The van der Waals surface area contributed by atoms with E-state index in [0.29, 0.717) is 33.2 Å². The highest BCUT2D eigenvalue weighted by Gasteiger charge is 2.43. The zero-order chi connectivity index (χ0) is 48.1. The molecule has 2 heterocycles. The number of rotatable bonds is 10. The highest BCUT2D eigenvalue weighted by atomic mass is 32.1. The lowest BCUT2D eigenvalue weighted by Gasteiger charge is -2.38. The van der Waals surface area contributed by atoms with E-state index in [1.807, 2.05) is 22.7 Å². The van der Waals surface area contributed by atoms with Crippen molar-refractivity contribution in [1.29, 1.82) is 0 Å². The summed E-state index contributed by atoms with van der Waals surface area (Å²) in [7, 11) is -4.20. The first-order chi connectivity index (χ1) is 32.6. The highest BCUT2D eigenvalue weighted by Crippen LogP contribution is 2.45. The number of benzene rings is 7. The summed E-state index contributed by atoms with van der Waals surface area (Å²) in [5.41, 5.74) is 18.8. The molecule has 0 saturated heterocycles. The van der Waals surface area contributed by atoms with Crippen molar-refractivity contribution in [2.75, 3.05) is 0 Å². The van der Waals surface area contributed by atoms with Crippen molar-refractivity contribution in [2.24, 2.45) is 0 Å². The van der Waals surface area contributed by atoms with Gasteiger partial charge in [-0.1, -0.05) is 192 Å². The van der Waals surface area contributed by atoms with Gasteiger partial charge in [-0.2, -0.15) is 0 Å². The quantitative estimate of drug-likeness (QED) is 0.0728. The molecule has 9 aromatic rings. The van der Waals surface area contributed by atoms with Crippen molar-refractivity contribution in [1.82, 2.24) is 0 Å². The Labute approximate surface area is 416 Å². The predicted octanol–water partition coefficient (Wildman–Crippen LogP) is 20.2. The standard InChI is InChI=1S/C64H66S2Si2/c1-41(2)67(42(3)4,43(5)6)35-33-57-55-27-25-54(64-32-30-62(66-64)52-24-22-48-18-14-16-20-50(48)38-52)40-60(55)58(34-36-68(44(7)8,45(9)10)46(11)12)56-28-26-53(39-59(56)57)63-31-29-61(65-63)51-23-21-47-17-13-15-19-49(47)37-51/h13-32,37-46H,1-12H3. The van der Waals surface area contributed by atoms with E-state index in [9.17, 15) is 0 Å². The van der Waals surface area contributed by atoms with Crippen LogP contribution in [0.4, 0.5) is 0 Å². The molecular formula is C64H66S2Si2. The Kier molecular flexibility index (Phi) is 13.4. The summed E-state index contributed by atoms with van der Waals surface area (Å²) in [6.07, 6.45) is 0. The van der Waals surface area contributed by atoms with Gasteiger partial charge in [0.05, 0.1) is 0 Å². The molecule has 9 rings (SSSR count). The molecule has 0 nitrogen and oxygen atoms in total. The summed E-state index contributed by atoms with van der Waals surface area (Å²) >= 11 is 3.74. The summed E-state index contributed by atoms with van der Waals surface area (Å²) in [5.74, 6) is 8.15. The Bertz CT molecular complexity index is 3180. The third-order valence-electron chi connectivity index (χ3n) is 15.5. The smallest absolute Gasteiger partial charge is 0.135 e. The molecule has 0 spiro atoms. The van der Waals surface area contributed by atoms with Gasteiger partial charge in [0.25, 0.3) is 0 Å². The Balaban J connectivity index is 1.30. The van der Waals surface area contributed by atoms with Crippen LogP contribution in [0.3, 0.4) is 0 Å². The van der Waals surface area contributed by atoms with E-state index in [4.69, 9.17) is 0 Å². The van der Waals surface area contributed by atoms with Crippen molar-refractivity contribution in [3.05, 3.63) is 157 Å². The maximum absolute atomic E-state index is 4.20. The molecule has 0 aliphatic carbocycles. The van der Waals surface area contributed by atoms with Gasteiger partial charge in [0.1, 0.15) is 16.1 Å². The van der Waals surface area contributed by atoms with E-state index in [1.54, 1.807) is 0 Å². The second-order valence-electron chi connectivity index (χ2n) is 21.0. The molecule has 0 radical (unpaired) electrons. The lowest BCUT2D eigenvalue weighted by molar-refractivity contribution is 0.838. The fraction of sp³-hybridized carbons (Fsp3) is 0.281. The fourth-order valence-electron chi connectivity index (χ4n) is 12.0. The molecule has 4 heteroatoms. The molecular weight excluding hydrogens is 889 g/mol. The first kappa shape index (κ1) is 47.6. The van der Waals surface area contributed by atoms with Gasteiger partial charge in [0, 0.05) is 30.6 Å². The largest absolute Gasteiger partial charge is 0.146 e. The second kappa shape index (κ2) is 19.1. The average Bonchev–Trinajstić information content (AvgIpc) is 4.03. The highest BCUT2D eigenvalue weighted by molar-refractivity contribution is 7.19. The van der Waals surface area contributed by atoms with Gasteiger partial charge < -0.3 is 0 Å². The molecule has 2 aromatic heterocycles. The van der Waals surface area contributed by atoms with Crippen LogP contribution >= 0.6 is 22.7 Å². The molecule has 0 bridgehead atoms. The minimum Gasteiger partial charge on any atom is -0.135 e. The second-order valence-corrected chi connectivity index (χ2v) is 34.3. The first-order valence-electron chi connectivity index (χ1n) is 24.9. The molecule has 0 saturated carbocycles. The van der Waals surface area contributed by atoms with Crippen molar-refractivity contribution in [2.45, 2.75) is 116 Å². The summed E-state index contributed by atoms with van der Waals surface area (Å²) < 4.78 is 0. The molecule has 68 heavy (non-hydrogen) atoms. The predicted molar refractivity (Wildman–Crippen MR) is 310 cm³/mol. The Hall–Kier alpha value is -5.47. The molecule has 0 aliphatic rings. The van der Waals surface area contributed by atoms with E-state index in [2.05, 4.69) is 252 Å². The minimum absolute atomic E-state index is 0.524. The van der Waals surface area contributed by atoms with Gasteiger partial charge in [-0.25, -0.2) is 0 Å². The normalized spacial score (nSPS) is 12.4. The number of hydrogen-bond donors (Lipinski definition) is 0. The van der Waals surface area contributed by atoms with Gasteiger partial charge in [-0.3, -0.25) is 0 Å². The SMILES string of the molecule is CC(C)[Si](C#Cc1c2ccc(-c3ccc(-c4ccc5ccccc5c4)s3)cc2c(C#C[Si](C(C)C)(C(C)C)C(C)C)c2ccc(-c3ccc(-c4ccc5ccccc5c4)s3)cc12)(C(C)C)C(C)C. The van der Waals surface area contributed by atoms with E-state index in [1.165, 1.54) is 84.9 Å². The van der Waals surface area contributed by atoms with Crippen LogP contribution in [0.25, 0.3) is 84.9 Å². The third-order valence-corrected chi connectivity index (χ3v) is 30.5. The number of thiophene rings is 2. The van der Waals surface area contributed by atoms with Gasteiger partial charge >= 0.3 is 0 Å². The summed E-state index contributed by atoms with van der Waals surface area (Å²) in [6.45, 7) is 29.1. The van der Waals surface area contributed by atoms with Crippen molar-refractivity contribution in [3.8, 4) is 64.7 Å². The Morgan fingerprint density at radius 2 is 0.603 bits per heavy atom. The molecule has 0 fully saturated rings. The monoisotopic (exact) mass is 954 g/mol. The van der Waals surface area contributed by atoms with Gasteiger partial charge in [0.2, 0.25) is 0 Å². The van der Waals surface area contributed by atoms with E-state index < -0.39 is 16.1 Å². The van der Waals surface area contributed by atoms with Crippen LogP contribution in [-0.2, 0) is 0 Å². The lowest BCUT2D eigenvalue weighted by Crippen LogP contribution is -2.43. The zero-order valence-corrected chi connectivity index (χ0v) is 45.8. The lowest BCUT2D eigenvalue weighted by atomic mass is 9.90. The molecule has 342 valence electrons. The van der Waals surface area contributed by atoms with Crippen LogP contribution < -0.4 is 0 Å². The molecule has 0 N–H and O–H groups in total. The van der Waals surface area contributed by atoms with Gasteiger partial charge in [-0.05, 0) is 147 Å². The average molecular weight is 956 g/mol. The van der Waals surface area contributed by atoms with Gasteiger partial charge in [0.15, 0.2) is 0 Å². The zero-order valence-electron chi connectivity index (χ0n) is 42.1. The summed E-state index contributed by atoms with van der Waals surface area (Å²) in [4.78, 5) is 5.08. The Morgan fingerprint density at radius 3 is 0.926 bits per heavy atom. The Morgan fingerprint density at radius 1 is 0.309 bits per heavy atom. The van der Waals surface area contributed by atoms with E-state index >= 15 is 0 Å². The maximum Gasteiger partial charge on any atom is 0.146 e. The van der Waals surface area contributed by atoms with Crippen LogP contribution in [-0.4, -0.2) is 16.1 Å². The van der Waals surface area contributed by atoms with E-state index in [-0.39, 0.29) is 0 Å². The summed E-state index contributed by atoms with van der Waals surface area (Å²) in [6, 6.07) is 54.5. The number of hydrogen-bond acceptors (Lipinski definition) is 2. The molecule has 0 amide bonds. The topological polar surface area (TPSA) is 0 Å². The van der Waals surface area contributed by atoms with Crippen LogP contribution in [0.2, 0.25) is 33.2 Å². The van der Waals surface area contributed by atoms with E-state index in [0.717, 1.165) is 11.1 Å². The van der Waals surface area contributed by atoms with Crippen molar-refractivity contribution in [3.63, 3.8) is 0 Å². The van der Waals surface area contributed by atoms with Crippen molar-refractivity contribution < 1.29 is 0 Å². The molecule has 0 unspecified atom stereocenters. The fourth-order valence-corrected chi connectivity index (χ4v) is 24.4.